The smallest absolute Gasteiger partial charge is 0.115 e. The fourth-order valence-electron chi connectivity index (χ4n) is 3.15. The van der Waals surface area contributed by atoms with Crippen LogP contribution in [0.4, 0.5) is 0 Å². The molecule has 0 amide bonds. The largest absolute Gasteiger partial charge is 0.508 e. The molecule has 2 heterocycles. The molecule has 3 N–H and O–H groups in total. The molecule has 5 heteroatoms. The van der Waals surface area contributed by atoms with Gasteiger partial charge in [-0.05, 0) is 51.3 Å². The Hall–Kier alpha value is -0.412. The van der Waals surface area contributed by atoms with Gasteiger partial charge in [0.25, 0.3) is 0 Å². The van der Waals surface area contributed by atoms with Crippen LogP contribution in [0, 0.1) is 0 Å². The molecule has 2 aliphatic heterocycles. The van der Waals surface area contributed by atoms with E-state index in [1.807, 2.05) is 19.9 Å². The van der Waals surface area contributed by atoms with E-state index in [1.165, 1.54) is 38.6 Å². The second-order valence-electron chi connectivity index (χ2n) is 6.22. The average molecular weight is 537 g/mol. The van der Waals surface area contributed by atoms with Gasteiger partial charge in [0, 0.05) is 40.3 Å². The van der Waals surface area contributed by atoms with Crippen molar-refractivity contribution in [2.75, 3.05) is 19.7 Å². The molecule has 0 bridgehead atoms. The first-order chi connectivity index (χ1) is 12.2. The number of phenols is 1. The van der Waals surface area contributed by atoms with Gasteiger partial charge in [0.15, 0.2) is 0 Å². The molecule has 3 rings (SSSR count). The number of hydrogen-bond acceptors (Lipinski definition) is 4. The van der Waals surface area contributed by atoms with E-state index in [9.17, 15) is 5.11 Å². The molecule has 2 aliphatic rings. The van der Waals surface area contributed by atoms with Gasteiger partial charge in [0.2, 0.25) is 0 Å². The first-order valence-electron chi connectivity index (χ1n) is 9.94. The number of aromatic hydroxyl groups is 1. The van der Waals surface area contributed by atoms with Crippen molar-refractivity contribution in [2.45, 2.75) is 77.9 Å². The molecule has 0 spiro atoms. The zero-order chi connectivity index (χ0) is 18.9. The summed E-state index contributed by atoms with van der Waals surface area (Å²) in [7, 11) is 0. The zero-order valence-electron chi connectivity index (χ0n) is 16.8. The monoisotopic (exact) mass is 537 g/mol. The van der Waals surface area contributed by atoms with E-state index in [4.69, 9.17) is 10.2 Å². The molecule has 0 aromatic heterocycles. The quantitative estimate of drug-likeness (QED) is 0.465. The van der Waals surface area contributed by atoms with Crippen molar-refractivity contribution < 1.29 is 36.4 Å². The van der Waals surface area contributed by atoms with E-state index in [-0.39, 0.29) is 33.8 Å². The summed E-state index contributed by atoms with van der Waals surface area (Å²) in [6.07, 6.45) is 8.88. The van der Waals surface area contributed by atoms with Crippen molar-refractivity contribution in [1.29, 1.82) is 0 Å². The number of piperidine rings is 1. The first-order valence-corrected chi connectivity index (χ1v) is 9.94. The van der Waals surface area contributed by atoms with Crippen LogP contribution in [-0.4, -0.2) is 52.1 Å². The van der Waals surface area contributed by atoms with E-state index < -0.39 is 0 Å². The van der Waals surface area contributed by atoms with Crippen LogP contribution in [0.15, 0.2) is 30.3 Å². The summed E-state index contributed by atoms with van der Waals surface area (Å²) >= 11 is 0. The van der Waals surface area contributed by atoms with Crippen molar-refractivity contribution in [1.82, 2.24) is 4.90 Å². The molecular formula is C21H39NO3W. The summed E-state index contributed by atoms with van der Waals surface area (Å²) in [6, 6.07) is 9.41. The van der Waals surface area contributed by atoms with E-state index in [1.54, 1.807) is 31.2 Å². The summed E-state index contributed by atoms with van der Waals surface area (Å²) in [6.45, 7) is 8.34. The number of fused-ring (bicyclic) bond motifs is 1. The number of rotatable bonds is 0. The summed E-state index contributed by atoms with van der Waals surface area (Å²) in [5.74, 6) is 0.322. The molecule has 2 saturated heterocycles. The minimum absolute atomic E-state index is 0. The Morgan fingerprint density at radius 3 is 2.08 bits per heavy atom. The maximum atomic E-state index is 9.58. The molecule has 2 atom stereocenters. The molecule has 1 aromatic rings. The fourth-order valence-corrected chi connectivity index (χ4v) is 3.15. The molecule has 2 unspecified atom stereocenters. The first kappa shape index (κ1) is 27.8. The van der Waals surface area contributed by atoms with Crippen molar-refractivity contribution in [3.05, 3.63) is 30.3 Å². The maximum Gasteiger partial charge on any atom is 0.115 e. The van der Waals surface area contributed by atoms with E-state index in [0.29, 0.717) is 11.8 Å². The molecule has 26 heavy (non-hydrogen) atoms. The van der Waals surface area contributed by atoms with Crippen LogP contribution in [0.5, 0.6) is 5.75 Å². The number of hydrogen-bond donors (Lipinski definition) is 3. The van der Waals surface area contributed by atoms with Crippen LogP contribution >= 0.6 is 0 Å². The van der Waals surface area contributed by atoms with Gasteiger partial charge in [0.05, 0.1) is 6.10 Å². The molecule has 0 radical (unpaired) electrons. The standard InChI is InChI=1S/C11H21NO.C6H6O.C2H6O.C2H6.W/c13-11-6-8-12-7-4-2-1-3-5-10(12)9-11;7-6-4-2-1-3-5-6;1-2-3;1-2;/h10-11,13H,1-9H2;1-5,7H;3H,2H2,1H3;1-2H3;. The Kier molecular flexibility index (Phi) is 20.7. The van der Waals surface area contributed by atoms with Crippen LogP contribution in [0.3, 0.4) is 0 Å². The van der Waals surface area contributed by atoms with Gasteiger partial charge < -0.3 is 20.2 Å². The minimum atomic E-state index is -0.0133. The van der Waals surface area contributed by atoms with Crippen LogP contribution in [0.2, 0.25) is 0 Å². The molecule has 0 aliphatic carbocycles. The van der Waals surface area contributed by atoms with Crippen molar-refractivity contribution in [2.24, 2.45) is 0 Å². The van der Waals surface area contributed by atoms with Crippen LogP contribution in [0.1, 0.15) is 65.7 Å². The third-order valence-corrected chi connectivity index (χ3v) is 4.30. The third-order valence-electron chi connectivity index (χ3n) is 4.30. The molecule has 1 aromatic carbocycles. The van der Waals surface area contributed by atoms with Gasteiger partial charge >= 0.3 is 0 Å². The summed E-state index contributed by atoms with van der Waals surface area (Å²) in [4.78, 5) is 2.60. The predicted molar refractivity (Wildman–Crippen MR) is 106 cm³/mol. The normalized spacial score (nSPS) is 22.0. The van der Waals surface area contributed by atoms with Gasteiger partial charge in [-0.3, -0.25) is 0 Å². The summed E-state index contributed by atoms with van der Waals surface area (Å²) in [5, 5.41) is 25.8. The fraction of sp³-hybridized carbons (Fsp3) is 0.714. The Morgan fingerprint density at radius 2 is 1.54 bits per heavy atom. The van der Waals surface area contributed by atoms with Crippen LogP contribution in [-0.2, 0) is 21.1 Å². The van der Waals surface area contributed by atoms with Gasteiger partial charge in [-0.2, -0.15) is 0 Å². The number of aliphatic hydroxyl groups excluding tert-OH is 2. The number of benzene rings is 1. The van der Waals surface area contributed by atoms with Crippen molar-refractivity contribution in [3.63, 3.8) is 0 Å². The molecule has 152 valence electrons. The molecule has 4 nitrogen and oxygen atoms in total. The summed E-state index contributed by atoms with van der Waals surface area (Å²) < 4.78 is 0. The SMILES string of the molecule is CC.CCO.OC1CCN2CCCCCCC2C1.Oc1ccccc1.[W]. The summed E-state index contributed by atoms with van der Waals surface area (Å²) in [5.41, 5.74) is 0. The zero-order valence-corrected chi connectivity index (χ0v) is 19.7. The Morgan fingerprint density at radius 1 is 0.962 bits per heavy atom. The van der Waals surface area contributed by atoms with E-state index in [2.05, 4.69) is 4.90 Å². The van der Waals surface area contributed by atoms with Crippen molar-refractivity contribution >= 4 is 0 Å². The maximum absolute atomic E-state index is 9.58. The number of phenolic OH excluding ortho intramolecular Hbond substituents is 1. The van der Waals surface area contributed by atoms with Crippen LogP contribution in [0.25, 0.3) is 0 Å². The van der Waals surface area contributed by atoms with Gasteiger partial charge in [-0.25, -0.2) is 0 Å². The Bertz CT molecular complexity index is 390. The minimum Gasteiger partial charge on any atom is -0.508 e. The molecule has 2 fully saturated rings. The molecule has 0 saturated carbocycles. The topological polar surface area (TPSA) is 63.9 Å². The van der Waals surface area contributed by atoms with Gasteiger partial charge in [-0.1, -0.05) is 51.3 Å². The molecular weight excluding hydrogens is 498 g/mol. The second kappa shape index (κ2) is 19.4. The number of aliphatic hydroxyl groups is 2. The Labute approximate surface area is 174 Å². The number of nitrogens with zero attached hydrogens (tertiary/aromatic N) is 1. The van der Waals surface area contributed by atoms with E-state index >= 15 is 0 Å². The average Bonchev–Trinajstić information content (AvgIpc) is 2.60. The predicted octanol–water partition coefficient (Wildman–Crippen LogP) is 4.19. The van der Waals surface area contributed by atoms with Crippen LogP contribution < -0.4 is 0 Å². The van der Waals surface area contributed by atoms with Gasteiger partial charge in [-0.15, -0.1) is 0 Å². The van der Waals surface area contributed by atoms with Crippen molar-refractivity contribution in [3.8, 4) is 5.75 Å². The number of para-hydroxylation sites is 1. The third kappa shape index (κ3) is 13.7. The van der Waals surface area contributed by atoms with Gasteiger partial charge in [0.1, 0.15) is 5.75 Å². The Balaban J connectivity index is 0. The second-order valence-corrected chi connectivity index (χ2v) is 6.22. The van der Waals surface area contributed by atoms with E-state index in [0.717, 1.165) is 19.4 Å².